The van der Waals surface area contributed by atoms with Crippen molar-refractivity contribution >= 4 is 11.8 Å². The van der Waals surface area contributed by atoms with Crippen molar-refractivity contribution in [3.05, 3.63) is 42.4 Å². The molecule has 3 rings (SSSR count). The number of hydrogen-bond acceptors (Lipinski definition) is 7. The van der Waals surface area contributed by atoms with Crippen LogP contribution in [0.15, 0.2) is 36.8 Å². The molecule has 1 aliphatic rings. The van der Waals surface area contributed by atoms with Crippen LogP contribution in [0.25, 0.3) is 11.3 Å². The maximum Gasteiger partial charge on any atom is 0.173 e. The highest BCUT2D eigenvalue weighted by atomic mass is 32.2. The molecular weight excluding hydrogens is 316 g/mol. The SMILES string of the molecule is Cc1cccnc1-c1cncc(O[C@@H]2SC[C@@H](O)[C@H](O)[C@H]2O)c1. The van der Waals surface area contributed by atoms with Gasteiger partial charge >= 0.3 is 0 Å². The normalized spacial score (nSPS) is 27.7. The topological polar surface area (TPSA) is 95.7 Å². The molecule has 2 aromatic heterocycles. The quantitative estimate of drug-likeness (QED) is 0.770. The highest BCUT2D eigenvalue weighted by Crippen LogP contribution is 2.30. The summed E-state index contributed by atoms with van der Waals surface area (Å²) < 4.78 is 5.74. The van der Waals surface area contributed by atoms with E-state index in [9.17, 15) is 15.3 Å². The van der Waals surface area contributed by atoms with Crippen LogP contribution >= 0.6 is 11.8 Å². The predicted molar refractivity (Wildman–Crippen MR) is 87.1 cm³/mol. The summed E-state index contributed by atoms with van der Waals surface area (Å²) in [6.45, 7) is 1.97. The third kappa shape index (κ3) is 3.48. The molecular formula is C16H18N2O4S. The number of rotatable bonds is 3. The number of aryl methyl sites for hydroxylation is 1. The van der Waals surface area contributed by atoms with Gasteiger partial charge in [0.15, 0.2) is 5.44 Å². The van der Waals surface area contributed by atoms with Crippen molar-refractivity contribution < 1.29 is 20.1 Å². The lowest BCUT2D eigenvalue weighted by atomic mass is 10.1. The number of hydrogen-bond donors (Lipinski definition) is 3. The minimum atomic E-state index is -1.21. The van der Waals surface area contributed by atoms with Crippen molar-refractivity contribution in [2.24, 2.45) is 0 Å². The molecule has 1 fully saturated rings. The van der Waals surface area contributed by atoms with Crippen molar-refractivity contribution in [1.82, 2.24) is 9.97 Å². The third-order valence-electron chi connectivity index (χ3n) is 3.70. The molecule has 0 aromatic carbocycles. The molecule has 4 atom stereocenters. The number of thioether (sulfide) groups is 1. The number of aliphatic hydroxyl groups is 3. The molecule has 1 aliphatic heterocycles. The smallest absolute Gasteiger partial charge is 0.173 e. The number of pyridine rings is 2. The molecule has 0 saturated carbocycles. The van der Waals surface area contributed by atoms with E-state index in [-0.39, 0.29) is 0 Å². The van der Waals surface area contributed by atoms with Crippen LogP contribution in [0.2, 0.25) is 0 Å². The summed E-state index contributed by atoms with van der Waals surface area (Å²) in [7, 11) is 0. The molecule has 6 nitrogen and oxygen atoms in total. The van der Waals surface area contributed by atoms with Gasteiger partial charge < -0.3 is 20.1 Å². The average Bonchev–Trinajstić information content (AvgIpc) is 2.56. The Labute approximate surface area is 138 Å². The van der Waals surface area contributed by atoms with E-state index in [0.717, 1.165) is 16.8 Å². The van der Waals surface area contributed by atoms with E-state index >= 15 is 0 Å². The molecule has 122 valence electrons. The first-order valence-corrected chi connectivity index (χ1v) is 8.30. The van der Waals surface area contributed by atoms with Crippen LogP contribution in [0, 0.1) is 6.92 Å². The van der Waals surface area contributed by atoms with Gasteiger partial charge in [0.25, 0.3) is 0 Å². The Morgan fingerprint density at radius 2 is 2.04 bits per heavy atom. The molecule has 0 spiro atoms. The fourth-order valence-corrected chi connectivity index (χ4v) is 3.54. The van der Waals surface area contributed by atoms with Crippen LogP contribution in [-0.2, 0) is 0 Å². The minimum Gasteiger partial charge on any atom is -0.475 e. The lowest BCUT2D eigenvalue weighted by Crippen LogP contribution is -2.50. The van der Waals surface area contributed by atoms with Gasteiger partial charge in [0.05, 0.1) is 18.0 Å². The van der Waals surface area contributed by atoms with Gasteiger partial charge in [0, 0.05) is 23.7 Å². The molecule has 0 bridgehead atoms. The van der Waals surface area contributed by atoms with Crippen molar-refractivity contribution in [3.63, 3.8) is 0 Å². The van der Waals surface area contributed by atoms with Gasteiger partial charge in [-0.1, -0.05) is 6.07 Å². The summed E-state index contributed by atoms with van der Waals surface area (Å²) in [6, 6.07) is 5.63. The Hall–Kier alpha value is -1.67. The minimum absolute atomic E-state index is 0.301. The van der Waals surface area contributed by atoms with Crippen LogP contribution in [0.3, 0.4) is 0 Å². The van der Waals surface area contributed by atoms with Gasteiger partial charge in [0.2, 0.25) is 0 Å². The molecule has 3 heterocycles. The molecule has 7 heteroatoms. The summed E-state index contributed by atoms with van der Waals surface area (Å²) in [5, 5.41) is 29.3. The Morgan fingerprint density at radius 1 is 1.22 bits per heavy atom. The monoisotopic (exact) mass is 334 g/mol. The lowest BCUT2D eigenvalue weighted by molar-refractivity contribution is -0.0786. The van der Waals surface area contributed by atoms with Gasteiger partial charge in [-0.05, 0) is 24.6 Å². The second-order valence-corrected chi connectivity index (χ2v) is 6.58. The van der Waals surface area contributed by atoms with E-state index in [4.69, 9.17) is 4.74 Å². The van der Waals surface area contributed by atoms with Gasteiger partial charge in [-0.25, -0.2) is 0 Å². The zero-order valence-electron chi connectivity index (χ0n) is 12.5. The number of ether oxygens (including phenoxy) is 1. The maximum atomic E-state index is 10.0. The molecule has 0 aliphatic carbocycles. The summed E-state index contributed by atoms with van der Waals surface area (Å²) in [4.78, 5) is 8.51. The van der Waals surface area contributed by atoms with Gasteiger partial charge in [-0.3, -0.25) is 9.97 Å². The molecule has 0 amide bonds. The Balaban J connectivity index is 1.80. The van der Waals surface area contributed by atoms with Crippen molar-refractivity contribution in [2.45, 2.75) is 30.7 Å². The van der Waals surface area contributed by atoms with Crippen LogP contribution in [0.5, 0.6) is 5.75 Å². The number of aliphatic hydroxyl groups excluding tert-OH is 3. The van der Waals surface area contributed by atoms with Gasteiger partial charge in [-0.15, -0.1) is 11.8 Å². The van der Waals surface area contributed by atoms with E-state index in [0.29, 0.717) is 11.5 Å². The van der Waals surface area contributed by atoms with Crippen molar-refractivity contribution in [2.75, 3.05) is 5.75 Å². The highest BCUT2D eigenvalue weighted by molar-refractivity contribution is 7.99. The van der Waals surface area contributed by atoms with E-state index in [1.165, 1.54) is 11.8 Å². The standard InChI is InChI=1S/C16H18N2O4S/c1-9-3-2-4-18-13(9)10-5-11(7-17-6-10)22-16-15(21)14(20)12(19)8-23-16/h2-7,12,14-16,19-21H,8H2,1H3/t12-,14+,15-,16-/m1/s1. The number of aromatic nitrogens is 2. The van der Waals surface area contributed by atoms with Gasteiger partial charge in [-0.2, -0.15) is 0 Å². The molecule has 2 aromatic rings. The van der Waals surface area contributed by atoms with Crippen LogP contribution in [0.4, 0.5) is 0 Å². The Bertz CT molecular complexity index is 685. The fraction of sp³-hybridized carbons (Fsp3) is 0.375. The van der Waals surface area contributed by atoms with E-state index in [2.05, 4.69) is 9.97 Å². The molecule has 0 radical (unpaired) electrons. The zero-order valence-corrected chi connectivity index (χ0v) is 13.3. The Morgan fingerprint density at radius 3 is 2.83 bits per heavy atom. The maximum absolute atomic E-state index is 10.0. The Kier molecular flexibility index (Phi) is 4.82. The molecule has 0 unspecified atom stereocenters. The second kappa shape index (κ2) is 6.84. The van der Waals surface area contributed by atoms with E-state index < -0.39 is 23.7 Å². The molecule has 1 saturated heterocycles. The van der Waals surface area contributed by atoms with Crippen LogP contribution < -0.4 is 4.74 Å². The first-order valence-electron chi connectivity index (χ1n) is 7.26. The summed E-state index contributed by atoms with van der Waals surface area (Å²) >= 11 is 1.26. The van der Waals surface area contributed by atoms with Crippen molar-refractivity contribution in [3.8, 4) is 17.0 Å². The average molecular weight is 334 g/mol. The highest BCUT2D eigenvalue weighted by Gasteiger charge is 2.38. The first kappa shape index (κ1) is 16.2. The third-order valence-corrected chi connectivity index (χ3v) is 4.94. The van der Waals surface area contributed by atoms with Crippen LogP contribution in [-0.4, -0.2) is 54.8 Å². The molecule has 23 heavy (non-hydrogen) atoms. The zero-order chi connectivity index (χ0) is 16.4. The summed E-state index contributed by atoms with van der Waals surface area (Å²) in [5.74, 6) is 0.780. The fourth-order valence-electron chi connectivity index (χ4n) is 2.42. The van der Waals surface area contributed by atoms with E-state index in [1.54, 1.807) is 24.7 Å². The van der Waals surface area contributed by atoms with E-state index in [1.807, 2.05) is 19.1 Å². The summed E-state index contributed by atoms with van der Waals surface area (Å²) in [5.41, 5.74) is 2.00. The molecule has 3 N–H and O–H groups in total. The predicted octanol–water partition coefficient (Wildman–Crippen LogP) is 0.986. The number of nitrogens with zero attached hydrogens (tertiary/aromatic N) is 2. The van der Waals surface area contributed by atoms with Crippen molar-refractivity contribution in [1.29, 1.82) is 0 Å². The summed E-state index contributed by atoms with van der Waals surface area (Å²) in [6.07, 6.45) is 1.64. The van der Waals surface area contributed by atoms with Crippen LogP contribution in [0.1, 0.15) is 5.56 Å². The second-order valence-electron chi connectivity index (χ2n) is 5.45. The largest absolute Gasteiger partial charge is 0.475 e. The lowest BCUT2D eigenvalue weighted by Gasteiger charge is -2.34. The van der Waals surface area contributed by atoms with Gasteiger partial charge in [0.1, 0.15) is 18.0 Å². The first-order chi connectivity index (χ1) is 11.1.